The van der Waals surface area contributed by atoms with Crippen LogP contribution in [-0.2, 0) is 0 Å². The standard InChI is InChI=1S/C17H11N3O2/c18-9-12-1-3-14(4-2-12)17(21)20-15-7-5-13(6-8-15)16-10-19-11-22-16/h1-8,10-11H,(H,20,21). The van der Waals surface area contributed by atoms with Gasteiger partial charge in [0.25, 0.3) is 5.91 Å². The Morgan fingerprint density at radius 3 is 2.41 bits per heavy atom. The summed E-state index contributed by atoms with van der Waals surface area (Å²) in [5, 5.41) is 11.5. The van der Waals surface area contributed by atoms with Crippen LogP contribution in [0.15, 0.2) is 65.5 Å². The third kappa shape index (κ3) is 2.86. The highest BCUT2D eigenvalue weighted by Gasteiger charge is 2.07. The molecular weight excluding hydrogens is 278 g/mol. The van der Waals surface area contributed by atoms with Crippen molar-refractivity contribution in [2.24, 2.45) is 0 Å². The van der Waals surface area contributed by atoms with Crippen molar-refractivity contribution in [3.05, 3.63) is 72.2 Å². The lowest BCUT2D eigenvalue weighted by atomic mass is 10.1. The average molecular weight is 289 g/mol. The maximum atomic E-state index is 12.1. The Morgan fingerprint density at radius 1 is 1.09 bits per heavy atom. The molecule has 0 atom stereocenters. The van der Waals surface area contributed by atoms with Gasteiger partial charge in [-0.15, -0.1) is 0 Å². The van der Waals surface area contributed by atoms with Gasteiger partial charge in [-0.2, -0.15) is 5.26 Å². The minimum Gasteiger partial charge on any atom is -0.444 e. The van der Waals surface area contributed by atoms with E-state index in [2.05, 4.69) is 10.3 Å². The summed E-state index contributed by atoms with van der Waals surface area (Å²) < 4.78 is 5.21. The summed E-state index contributed by atoms with van der Waals surface area (Å²) in [4.78, 5) is 16.0. The summed E-state index contributed by atoms with van der Waals surface area (Å²) in [6, 6.07) is 15.8. The summed E-state index contributed by atoms with van der Waals surface area (Å²) in [6.07, 6.45) is 3.00. The van der Waals surface area contributed by atoms with Crippen molar-refractivity contribution in [1.29, 1.82) is 5.26 Å². The van der Waals surface area contributed by atoms with E-state index in [-0.39, 0.29) is 5.91 Å². The minimum atomic E-state index is -0.225. The molecule has 1 aromatic heterocycles. The third-order valence-corrected chi connectivity index (χ3v) is 3.14. The number of carbonyl (C=O) groups excluding carboxylic acids is 1. The minimum absolute atomic E-state index is 0.225. The van der Waals surface area contributed by atoms with E-state index < -0.39 is 0 Å². The SMILES string of the molecule is N#Cc1ccc(C(=O)Nc2ccc(-c3cnco3)cc2)cc1. The smallest absolute Gasteiger partial charge is 0.255 e. The van der Waals surface area contributed by atoms with Crippen LogP contribution in [0.5, 0.6) is 0 Å². The van der Waals surface area contributed by atoms with Gasteiger partial charge in [-0.1, -0.05) is 0 Å². The van der Waals surface area contributed by atoms with Crippen molar-refractivity contribution in [2.75, 3.05) is 5.32 Å². The highest BCUT2D eigenvalue weighted by molar-refractivity contribution is 6.04. The quantitative estimate of drug-likeness (QED) is 0.800. The maximum Gasteiger partial charge on any atom is 0.255 e. The molecule has 0 bridgehead atoms. The van der Waals surface area contributed by atoms with Gasteiger partial charge in [0.05, 0.1) is 17.8 Å². The average Bonchev–Trinajstić information content (AvgIpc) is 3.10. The topological polar surface area (TPSA) is 78.9 Å². The van der Waals surface area contributed by atoms with E-state index >= 15 is 0 Å². The molecular formula is C17H11N3O2. The number of benzene rings is 2. The second-order valence-electron chi connectivity index (χ2n) is 4.59. The lowest BCUT2D eigenvalue weighted by Crippen LogP contribution is -2.11. The first kappa shape index (κ1) is 13.6. The van der Waals surface area contributed by atoms with E-state index in [0.717, 1.165) is 5.56 Å². The summed E-state index contributed by atoms with van der Waals surface area (Å²) >= 11 is 0. The van der Waals surface area contributed by atoms with Crippen LogP contribution in [0.1, 0.15) is 15.9 Å². The van der Waals surface area contributed by atoms with Crippen molar-refractivity contribution in [2.45, 2.75) is 0 Å². The normalized spacial score (nSPS) is 9.95. The fraction of sp³-hybridized carbons (Fsp3) is 0. The molecule has 1 heterocycles. The van der Waals surface area contributed by atoms with Crippen LogP contribution in [-0.4, -0.2) is 10.9 Å². The van der Waals surface area contributed by atoms with E-state index in [0.29, 0.717) is 22.6 Å². The summed E-state index contributed by atoms with van der Waals surface area (Å²) in [7, 11) is 0. The van der Waals surface area contributed by atoms with Gasteiger partial charge < -0.3 is 9.73 Å². The first-order valence-corrected chi connectivity index (χ1v) is 6.57. The predicted molar refractivity (Wildman–Crippen MR) is 81.0 cm³/mol. The van der Waals surface area contributed by atoms with E-state index in [1.54, 1.807) is 42.6 Å². The van der Waals surface area contributed by atoms with Gasteiger partial charge in [-0.3, -0.25) is 4.79 Å². The number of amides is 1. The van der Waals surface area contributed by atoms with Crippen LogP contribution in [0, 0.1) is 11.3 Å². The van der Waals surface area contributed by atoms with Crippen LogP contribution in [0.3, 0.4) is 0 Å². The highest BCUT2D eigenvalue weighted by atomic mass is 16.3. The van der Waals surface area contributed by atoms with Gasteiger partial charge in [0, 0.05) is 16.8 Å². The zero-order valence-corrected chi connectivity index (χ0v) is 11.5. The fourth-order valence-corrected chi connectivity index (χ4v) is 1.98. The Hall–Kier alpha value is -3.39. The number of hydrogen-bond donors (Lipinski definition) is 1. The number of hydrogen-bond acceptors (Lipinski definition) is 4. The molecule has 3 aromatic rings. The van der Waals surface area contributed by atoms with Crippen LogP contribution in [0.4, 0.5) is 5.69 Å². The zero-order chi connectivity index (χ0) is 15.4. The van der Waals surface area contributed by atoms with Crippen LogP contribution < -0.4 is 5.32 Å². The molecule has 22 heavy (non-hydrogen) atoms. The van der Waals surface area contributed by atoms with E-state index in [9.17, 15) is 4.79 Å². The first-order chi connectivity index (χ1) is 10.8. The second-order valence-corrected chi connectivity index (χ2v) is 4.59. The summed E-state index contributed by atoms with van der Waals surface area (Å²) in [5.41, 5.74) is 2.58. The number of rotatable bonds is 3. The highest BCUT2D eigenvalue weighted by Crippen LogP contribution is 2.21. The van der Waals surface area contributed by atoms with Crippen molar-refractivity contribution in [3.8, 4) is 17.4 Å². The van der Waals surface area contributed by atoms with E-state index in [1.807, 2.05) is 18.2 Å². The second kappa shape index (κ2) is 5.94. The van der Waals surface area contributed by atoms with Crippen molar-refractivity contribution < 1.29 is 9.21 Å². The van der Waals surface area contributed by atoms with Gasteiger partial charge in [-0.25, -0.2) is 4.98 Å². The molecule has 0 aliphatic carbocycles. The molecule has 0 unspecified atom stereocenters. The molecule has 2 aromatic carbocycles. The molecule has 0 aliphatic rings. The molecule has 0 saturated heterocycles. The number of oxazole rings is 1. The summed E-state index contributed by atoms with van der Waals surface area (Å²) in [5.74, 6) is 0.446. The van der Waals surface area contributed by atoms with Gasteiger partial charge in [0.15, 0.2) is 12.2 Å². The first-order valence-electron chi connectivity index (χ1n) is 6.57. The largest absolute Gasteiger partial charge is 0.444 e. The Morgan fingerprint density at radius 2 is 1.82 bits per heavy atom. The van der Waals surface area contributed by atoms with Crippen molar-refractivity contribution in [3.63, 3.8) is 0 Å². The number of nitriles is 1. The molecule has 106 valence electrons. The number of anilines is 1. The Balaban J connectivity index is 1.72. The van der Waals surface area contributed by atoms with E-state index in [4.69, 9.17) is 9.68 Å². The van der Waals surface area contributed by atoms with Crippen molar-refractivity contribution >= 4 is 11.6 Å². The van der Waals surface area contributed by atoms with Gasteiger partial charge in [0.1, 0.15) is 0 Å². The summed E-state index contributed by atoms with van der Waals surface area (Å²) in [6.45, 7) is 0. The lowest BCUT2D eigenvalue weighted by molar-refractivity contribution is 0.102. The number of nitrogens with one attached hydrogen (secondary N) is 1. The fourth-order valence-electron chi connectivity index (χ4n) is 1.98. The molecule has 0 aliphatic heterocycles. The van der Waals surface area contributed by atoms with Crippen molar-refractivity contribution in [1.82, 2.24) is 4.98 Å². The Bertz CT molecular complexity index is 814. The third-order valence-electron chi connectivity index (χ3n) is 3.14. The predicted octanol–water partition coefficient (Wildman–Crippen LogP) is 3.47. The van der Waals surface area contributed by atoms with Crippen LogP contribution in [0.2, 0.25) is 0 Å². The molecule has 1 N–H and O–H groups in total. The maximum absolute atomic E-state index is 12.1. The Kier molecular flexibility index (Phi) is 3.67. The van der Waals surface area contributed by atoms with Gasteiger partial charge in [-0.05, 0) is 48.5 Å². The van der Waals surface area contributed by atoms with E-state index in [1.165, 1.54) is 6.39 Å². The zero-order valence-electron chi connectivity index (χ0n) is 11.5. The van der Waals surface area contributed by atoms with Gasteiger partial charge in [0.2, 0.25) is 0 Å². The Labute approximate surface area is 126 Å². The molecule has 0 radical (unpaired) electrons. The molecule has 5 heteroatoms. The molecule has 0 fully saturated rings. The molecule has 1 amide bonds. The number of carbonyl (C=O) groups is 1. The van der Waals surface area contributed by atoms with Crippen LogP contribution >= 0.6 is 0 Å². The molecule has 0 saturated carbocycles. The molecule has 5 nitrogen and oxygen atoms in total. The molecule has 0 spiro atoms. The lowest BCUT2D eigenvalue weighted by Gasteiger charge is -2.06. The monoisotopic (exact) mass is 289 g/mol. The van der Waals surface area contributed by atoms with Gasteiger partial charge >= 0.3 is 0 Å². The van der Waals surface area contributed by atoms with Crippen LogP contribution in [0.25, 0.3) is 11.3 Å². The number of aromatic nitrogens is 1. The molecule has 3 rings (SSSR count). The number of nitrogens with zero attached hydrogens (tertiary/aromatic N) is 2.